The van der Waals surface area contributed by atoms with Crippen LogP contribution in [-0.2, 0) is 0 Å². The van der Waals surface area contributed by atoms with E-state index in [1.165, 1.54) is 11.8 Å². The van der Waals surface area contributed by atoms with Crippen LogP contribution in [0.1, 0.15) is 5.56 Å². The summed E-state index contributed by atoms with van der Waals surface area (Å²) in [6.45, 7) is 0. The first-order valence-electron chi connectivity index (χ1n) is 3.59. The molecule has 0 aromatic heterocycles. The Bertz CT molecular complexity index is 317. The maximum Gasteiger partial charge on any atom is 0.155 e. The van der Waals surface area contributed by atoms with E-state index >= 15 is 0 Å². The zero-order valence-electron chi connectivity index (χ0n) is 6.32. The summed E-state index contributed by atoms with van der Waals surface area (Å²) in [5.74, 6) is 0. The summed E-state index contributed by atoms with van der Waals surface area (Å²) in [7, 11) is 0. The van der Waals surface area contributed by atoms with Crippen LogP contribution in [0.3, 0.4) is 0 Å². The molecule has 1 heterocycles. The lowest BCUT2D eigenvalue weighted by Gasteiger charge is -2.08. The van der Waals surface area contributed by atoms with Gasteiger partial charge in [-0.25, -0.2) is 0 Å². The number of hydrogen-bond acceptors (Lipinski definition) is 3. The summed E-state index contributed by atoms with van der Waals surface area (Å²) in [4.78, 5) is 0. The second kappa shape index (κ2) is 3.45. The molecule has 12 heavy (non-hydrogen) atoms. The number of hydrogen-bond donors (Lipinski definition) is 1. The van der Waals surface area contributed by atoms with Gasteiger partial charge < -0.3 is 0 Å². The molecule has 0 bridgehead atoms. The summed E-state index contributed by atoms with van der Waals surface area (Å²) < 4.78 is 0. The number of hydrazone groups is 1. The third-order valence-electron chi connectivity index (χ3n) is 1.54. The minimum absolute atomic E-state index is 1.03. The van der Waals surface area contributed by atoms with Crippen LogP contribution in [0.25, 0.3) is 5.70 Å². The number of benzene rings is 1. The van der Waals surface area contributed by atoms with Gasteiger partial charge in [0.15, 0.2) is 5.55 Å². The molecule has 1 aromatic carbocycles. The van der Waals surface area contributed by atoms with Crippen LogP contribution in [-0.4, -0.2) is 5.55 Å². The fourth-order valence-corrected chi connectivity index (χ4v) is 1.43. The van der Waals surface area contributed by atoms with Crippen LogP contribution in [0, 0.1) is 0 Å². The monoisotopic (exact) mass is 175 g/mol. The molecule has 1 N–H and O–H groups in total. The molecule has 2 nitrogen and oxygen atoms in total. The molecule has 0 amide bonds. The maximum absolute atomic E-state index is 3.83. The fraction of sp³-hybridized carbons (Fsp3) is 0. The highest BCUT2D eigenvalue weighted by Gasteiger charge is 2.01. The van der Waals surface area contributed by atoms with Crippen LogP contribution in [0.5, 0.6) is 0 Å². The van der Waals surface area contributed by atoms with Gasteiger partial charge in [0.05, 0.1) is 5.70 Å². The van der Waals surface area contributed by atoms with Crippen LogP contribution in [0.4, 0.5) is 0 Å². The van der Waals surface area contributed by atoms with Gasteiger partial charge in [0.1, 0.15) is 0 Å². The summed E-state index contributed by atoms with van der Waals surface area (Å²) in [5, 5.41) is 5.82. The lowest BCUT2D eigenvalue weighted by Crippen LogP contribution is -2.05. The van der Waals surface area contributed by atoms with E-state index in [1.807, 2.05) is 35.7 Å². The molecule has 0 saturated carbocycles. The summed E-state index contributed by atoms with van der Waals surface area (Å²) >= 11 is 1.46. The molecule has 1 aliphatic heterocycles. The summed E-state index contributed by atoms with van der Waals surface area (Å²) in [6.07, 6.45) is 0. The van der Waals surface area contributed by atoms with E-state index in [2.05, 4.69) is 16.1 Å². The van der Waals surface area contributed by atoms with Crippen molar-refractivity contribution in [2.75, 3.05) is 0 Å². The zero-order chi connectivity index (χ0) is 8.23. The molecule has 1 radical (unpaired) electrons. The molecule has 0 aliphatic carbocycles. The Hall–Kier alpha value is -1.22. The van der Waals surface area contributed by atoms with E-state index in [9.17, 15) is 0 Å². The molecule has 59 valence electrons. The van der Waals surface area contributed by atoms with Crippen LogP contribution < -0.4 is 5.43 Å². The Labute approximate surface area is 75.4 Å². The first kappa shape index (κ1) is 7.43. The first-order chi connectivity index (χ1) is 5.97. The highest BCUT2D eigenvalue weighted by atomic mass is 32.2. The molecular weight excluding hydrogens is 168 g/mol. The molecule has 3 heteroatoms. The maximum atomic E-state index is 3.83. The predicted molar refractivity (Wildman–Crippen MR) is 52.6 cm³/mol. The second-order valence-corrected chi connectivity index (χ2v) is 2.98. The summed E-state index contributed by atoms with van der Waals surface area (Å²) in [5.41, 5.74) is 7.80. The molecule has 0 unspecified atom stereocenters. The molecule has 1 aliphatic rings. The normalized spacial score (nSPS) is 15.2. The van der Waals surface area contributed by atoms with Gasteiger partial charge in [-0.05, 0) is 0 Å². The van der Waals surface area contributed by atoms with E-state index in [-0.39, 0.29) is 0 Å². The Kier molecular flexibility index (Phi) is 2.14. The van der Waals surface area contributed by atoms with Crippen molar-refractivity contribution in [2.24, 2.45) is 5.10 Å². The minimum atomic E-state index is 1.03. The van der Waals surface area contributed by atoms with Crippen molar-refractivity contribution in [2.45, 2.75) is 0 Å². The third kappa shape index (κ3) is 1.51. The molecule has 2 rings (SSSR count). The largest absolute Gasteiger partial charge is 0.276 e. The zero-order valence-corrected chi connectivity index (χ0v) is 7.14. The van der Waals surface area contributed by atoms with Crippen molar-refractivity contribution >= 4 is 23.0 Å². The first-order valence-corrected chi connectivity index (χ1v) is 4.47. The molecule has 0 saturated heterocycles. The van der Waals surface area contributed by atoms with Crippen molar-refractivity contribution in [1.82, 2.24) is 5.43 Å². The van der Waals surface area contributed by atoms with Gasteiger partial charge in [0.25, 0.3) is 0 Å². The highest BCUT2D eigenvalue weighted by molar-refractivity contribution is 8.14. The van der Waals surface area contributed by atoms with Crippen molar-refractivity contribution in [1.29, 1.82) is 0 Å². The molecule has 0 spiro atoms. The van der Waals surface area contributed by atoms with Gasteiger partial charge in [-0.2, -0.15) is 5.10 Å². The van der Waals surface area contributed by atoms with Crippen LogP contribution >= 0.6 is 11.8 Å². The van der Waals surface area contributed by atoms with Gasteiger partial charge in [-0.1, -0.05) is 42.1 Å². The van der Waals surface area contributed by atoms with Gasteiger partial charge in [0.2, 0.25) is 0 Å². The molecule has 0 fully saturated rings. The van der Waals surface area contributed by atoms with E-state index in [0.717, 1.165) is 11.3 Å². The van der Waals surface area contributed by atoms with Gasteiger partial charge in [0, 0.05) is 11.0 Å². The Morgan fingerprint density at radius 1 is 1.25 bits per heavy atom. The van der Waals surface area contributed by atoms with Gasteiger partial charge in [-0.3, -0.25) is 5.43 Å². The quantitative estimate of drug-likeness (QED) is 0.707. The fourth-order valence-electron chi connectivity index (χ4n) is 0.971. The van der Waals surface area contributed by atoms with Gasteiger partial charge in [-0.15, -0.1) is 0 Å². The van der Waals surface area contributed by atoms with Crippen LogP contribution in [0.15, 0.2) is 40.8 Å². The lowest BCUT2D eigenvalue weighted by molar-refractivity contribution is 1.00. The van der Waals surface area contributed by atoms with Crippen LogP contribution in [0.2, 0.25) is 0 Å². The van der Waals surface area contributed by atoms with E-state index in [0.29, 0.717) is 0 Å². The smallest absolute Gasteiger partial charge is 0.155 e. The van der Waals surface area contributed by atoms with E-state index < -0.39 is 0 Å². The van der Waals surface area contributed by atoms with Crippen molar-refractivity contribution < 1.29 is 0 Å². The van der Waals surface area contributed by atoms with Crippen molar-refractivity contribution in [3.05, 3.63) is 41.3 Å². The standard InChI is InChI=1S/C9H7N2S/c1-2-4-8(5-3-1)9-6-12-7-10-11-9/h1-6,11H. The number of nitrogens with one attached hydrogen (secondary N) is 1. The average Bonchev–Trinajstić information content (AvgIpc) is 2.21. The van der Waals surface area contributed by atoms with Gasteiger partial charge >= 0.3 is 0 Å². The van der Waals surface area contributed by atoms with Crippen molar-refractivity contribution in [3.8, 4) is 0 Å². The Morgan fingerprint density at radius 2 is 2.08 bits per heavy atom. The highest BCUT2D eigenvalue weighted by Crippen LogP contribution is 2.17. The van der Waals surface area contributed by atoms with E-state index in [4.69, 9.17) is 0 Å². The Balaban J connectivity index is 2.26. The average molecular weight is 175 g/mol. The number of nitrogens with zero attached hydrogens (tertiary/aromatic N) is 1. The predicted octanol–water partition coefficient (Wildman–Crippen LogP) is 2.14. The van der Waals surface area contributed by atoms with E-state index in [1.54, 1.807) is 0 Å². The molecule has 1 aromatic rings. The SMILES string of the molecule is [C]1=NNC(c2ccccc2)=CS1. The minimum Gasteiger partial charge on any atom is -0.276 e. The van der Waals surface area contributed by atoms with Crippen molar-refractivity contribution in [3.63, 3.8) is 0 Å². The molecular formula is C9H7N2S. The second-order valence-electron chi connectivity index (χ2n) is 2.33. The third-order valence-corrected chi connectivity index (χ3v) is 2.09. The number of rotatable bonds is 1. The molecule has 0 atom stereocenters. The topological polar surface area (TPSA) is 24.4 Å². The number of thioether (sulfide) groups is 1. The lowest BCUT2D eigenvalue weighted by atomic mass is 10.2. The summed E-state index contributed by atoms with van der Waals surface area (Å²) in [6, 6.07) is 10.1. The Morgan fingerprint density at radius 3 is 2.75 bits per heavy atom.